The average molecular weight is 469 g/mol. The van der Waals surface area contributed by atoms with E-state index in [0.29, 0.717) is 0 Å². The van der Waals surface area contributed by atoms with Crippen LogP contribution >= 0.6 is 0 Å². The second-order valence-electron chi connectivity index (χ2n) is 10.5. The van der Waals surface area contributed by atoms with Crippen molar-refractivity contribution in [1.29, 1.82) is 0 Å². The maximum atomic E-state index is 6.98. The zero-order valence-electron chi connectivity index (χ0n) is 21.9. The number of unbranched alkanes of at least 4 members (excludes halogenated alkanes) is 9. The van der Waals surface area contributed by atoms with E-state index in [9.17, 15) is 0 Å². The zero-order valence-corrected chi connectivity index (χ0v) is 22.9. The fourth-order valence-electron chi connectivity index (χ4n) is 4.05. The maximum absolute atomic E-state index is 6.98. The Morgan fingerprint density at radius 2 is 1.09 bits per heavy atom. The van der Waals surface area contributed by atoms with Crippen molar-refractivity contribution in [2.24, 2.45) is 5.41 Å². The predicted octanol–water partition coefficient (Wildman–Crippen LogP) is 7.63. The van der Waals surface area contributed by atoms with Crippen LogP contribution in [0, 0.1) is 5.41 Å². The van der Waals surface area contributed by atoms with E-state index in [4.69, 9.17) is 8.85 Å². The quantitative estimate of drug-likeness (QED) is 0.186. The van der Waals surface area contributed by atoms with Crippen LogP contribution in [-0.4, -0.2) is 21.3 Å². The highest BCUT2D eigenvalue weighted by Gasteiger charge is 2.45. The summed E-state index contributed by atoms with van der Waals surface area (Å²) in [4.78, 5) is 0. The molecule has 2 aromatic rings. The van der Waals surface area contributed by atoms with Crippen LogP contribution in [0.1, 0.15) is 98.8 Å². The van der Waals surface area contributed by atoms with Crippen molar-refractivity contribution in [3.8, 4) is 0 Å². The van der Waals surface area contributed by atoms with Gasteiger partial charge in [-0.2, -0.15) is 0 Å². The summed E-state index contributed by atoms with van der Waals surface area (Å²) in [6.07, 6.45) is 13.4. The molecule has 1 atom stereocenters. The lowest BCUT2D eigenvalue weighted by atomic mass is 9.91. The molecule has 0 radical (unpaired) electrons. The second kappa shape index (κ2) is 14.8. The number of hydrogen-bond acceptors (Lipinski definition) is 2. The minimum absolute atomic E-state index is 0.0439. The van der Waals surface area contributed by atoms with Gasteiger partial charge in [-0.1, -0.05) is 146 Å². The molecule has 0 fully saturated rings. The van der Waals surface area contributed by atoms with Crippen LogP contribution in [-0.2, 0) is 8.85 Å². The molecule has 3 heteroatoms. The topological polar surface area (TPSA) is 18.5 Å². The Labute approximate surface area is 205 Å². The molecule has 0 aliphatic rings. The molecule has 0 aromatic heterocycles. The Morgan fingerprint density at radius 3 is 1.52 bits per heavy atom. The van der Waals surface area contributed by atoms with E-state index in [1.807, 2.05) is 0 Å². The Kier molecular flexibility index (Phi) is 12.4. The average Bonchev–Trinajstić information content (AvgIpc) is 2.82. The SMILES string of the molecule is CCCCCCCCCCCCO[Si](OC(C)C(C)(C)C)(c1ccccc1)c1ccccc1. The first-order chi connectivity index (χ1) is 15.9. The number of benzene rings is 2. The van der Waals surface area contributed by atoms with Crippen LogP contribution in [0.15, 0.2) is 60.7 Å². The van der Waals surface area contributed by atoms with E-state index in [0.717, 1.165) is 13.0 Å². The van der Waals surface area contributed by atoms with Gasteiger partial charge >= 0.3 is 8.56 Å². The molecule has 2 aromatic carbocycles. The maximum Gasteiger partial charge on any atom is 0.407 e. The van der Waals surface area contributed by atoms with Gasteiger partial charge in [0.1, 0.15) is 0 Å². The summed E-state index contributed by atoms with van der Waals surface area (Å²) in [6, 6.07) is 21.3. The first-order valence-corrected chi connectivity index (χ1v) is 15.1. The van der Waals surface area contributed by atoms with Gasteiger partial charge in [0.05, 0.1) is 0 Å². The van der Waals surface area contributed by atoms with Crippen molar-refractivity contribution in [2.45, 2.75) is 105 Å². The lowest BCUT2D eigenvalue weighted by Crippen LogP contribution is -2.65. The molecule has 0 bridgehead atoms. The highest BCUT2D eigenvalue weighted by Crippen LogP contribution is 2.26. The first-order valence-electron chi connectivity index (χ1n) is 13.3. The van der Waals surface area contributed by atoms with Crippen LogP contribution in [0.5, 0.6) is 0 Å². The van der Waals surface area contributed by atoms with Gasteiger partial charge in [0.15, 0.2) is 0 Å². The third-order valence-corrected chi connectivity index (χ3v) is 10.2. The van der Waals surface area contributed by atoms with Crippen LogP contribution < -0.4 is 10.4 Å². The predicted molar refractivity (Wildman–Crippen MR) is 146 cm³/mol. The van der Waals surface area contributed by atoms with E-state index in [-0.39, 0.29) is 11.5 Å². The molecule has 0 aliphatic heterocycles. The molecule has 0 saturated heterocycles. The Bertz CT molecular complexity index is 699. The number of rotatable bonds is 16. The van der Waals surface area contributed by atoms with Crippen molar-refractivity contribution >= 4 is 18.9 Å². The number of hydrogen-bond donors (Lipinski definition) is 0. The summed E-state index contributed by atoms with van der Waals surface area (Å²) < 4.78 is 13.8. The monoisotopic (exact) mass is 468 g/mol. The lowest BCUT2D eigenvalue weighted by Gasteiger charge is -2.38. The smallest absolute Gasteiger partial charge is 0.388 e. The van der Waals surface area contributed by atoms with Crippen LogP contribution in [0.25, 0.3) is 0 Å². The molecule has 0 spiro atoms. The van der Waals surface area contributed by atoms with E-state index < -0.39 is 8.56 Å². The van der Waals surface area contributed by atoms with Gasteiger partial charge in [0.25, 0.3) is 0 Å². The van der Waals surface area contributed by atoms with E-state index in [2.05, 4.69) is 95.3 Å². The summed E-state index contributed by atoms with van der Waals surface area (Å²) in [5.74, 6) is 0. The molecule has 1 unspecified atom stereocenters. The molecule has 184 valence electrons. The van der Waals surface area contributed by atoms with Crippen LogP contribution in [0.4, 0.5) is 0 Å². The molecular weight excluding hydrogens is 420 g/mol. The Balaban J connectivity index is 2.02. The van der Waals surface area contributed by atoms with Crippen molar-refractivity contribution < 1.29 is 8.85 Å². The molecule has 0 saturated carbocycles. The largest absolute Gasteiger partial charge is 0.407 e. The zero-order chi connectivity index (χ0) is 24.0. The third-order valence-electron chi connectivity index (χ3n) is 6.67. The van der Waals surface area contributed by atoms with Gasteiger partial charge in [-0.25, -0.2) is 0 Å². The van der Waals surface area contributed by atoms with Crippen LogP contribution in [0.3, 0.4) is 0 Å². The molecule has 2 rings (SSSR count). The van der Waals surface area contributed by atoms with Gasteiger partial charge in [-0.15, -0.1) is 0 Å². The highest BCUT2D eigenvalue weighted by molar-refractivity contribution is 6.92. The third kappa shape index (κ3) is 9.39. The van der Waals surface area contributed by atoms with Crippen molar-refractivity contribution in [2.75, 3.05) is 6.61 Å². The molecule has 0 amide bonds. The normalized spacial score (nSPS) is 13.2. The summed E-state index contributed by atoms with van der Waals surface area (Å²) in [5.41, 5.74) is 0.0439. The summed E-state index contributed by atoms with van der Waals surface area (Å²) in [6.45, 7) is 12.0. The summed E-state index contributed by atoms with van der Waals surface area (Å²) in [5, 5.41) is 2.39. The molecule has 2 nitrogen and oxygen atoms in total. The lowest BCUT2D eigenvalue weighted by molar-refractivity contribution is 0.0637. The standard InChI is InChI=1S/C30H48O2Si/c1-6-7-8-9-10-11-12-13-14-21-26-31-33(28-22-17-15-18-23-28,29-24-19-16-20-25-29)32-27(2)30(3,4)5/h15-20,22-25,27H,6-14,21,26H2,1-5H3. The summed E-state index contributed by atoms with van der Waals surface area (Å²) >= 11 is 0. The molecule has 0 heterocycles. The van der Waals surface area contributed by atoms with Gasteiger partial charge in [0, 0.05) is 12.7 Å². The van der Waals surface area contributed by atoms with E-state index >= 15 is 0 Å². The van der Waals surface area contributed by atoms with Gasteiger partial charge in [-0.3, -0.25) is 0 Å². The molecular formula is C30H48O2Si. The second-order valence-corrected chi connectivity index (χ2v) is 13.4. The van der Waals surface area contributed by atoms with E-state index in [1.54, 1.807) is 0 Å². The van der Waals surface area contributed by atoms with Gasteiger partial charge < -0.3 is 8.85 Å². The van der Waals surface area contributed by atoms with Crippen LogP contribution in [0.2, 0.25) is 0 Å². The molecule has 0 N–H and O–H groups in total. The first kappa shape index (κ1) is 27.8. The highest BCUT2D eigenvalue weighted by atomic mass is 28.4. The van der Waals surface area contributed by atoms with Crippen molar-refractivity contribution in [3.05, 3.63) is 60.7 Å². The fourth-order valence-corrected chi connectivity index (χ4v) is 7.60. The van der Waals surface area contributed by atoms with E-state index in [1.165, 1.54) is 68.2 Å². The molecule has 0 aliphatic carbocycles. The minimum Gasteiger partial charge on any atom is -0.388 e. The van der Waals surface area contributed by atoms with Gasteiger partial charge in [-0.05, 0) is 29.1 Å². The molecule has 33 heavy (non-hydrogen) atoms. The Hall–Kier alpha value is -1.42. The van der Waals surface area contributed by atoms with Crippen molar-refractivity contribution in [3.63, 3.8) is 0 Å². The van der Waals surface area contributed by atoms with Crippen molar-refractivity contribution in [1.82, 2.24) is 0 Å². The fraction of sp³-hybridized carbons (Fsp3) is 0.600. The van der Waals surface area contributed by atoms with Gasteiger partial charge in [0.2, 0.25) is 0 Å². The Morgan fingerprint density at radius 1 is 0.667 bits per heavy atom. The summed E-state index contributed by atoms with van der Waals surface area (Å²) in [7, 11) is -2.81. The minimum atomic E-state index is -2.81.